The zero-order chi connectivity index (χ0) is 12.5. The van der Waals surface area contributed by atoms with Gasteiger partial charge in [0.15, 0.2) is 11.6 Å². The third kappa shape index (κ3) is 1.66. The van der Waals surface area contributed by atoms with E-state index in [0.29, 0.717) is 16.7 Å². The van der Waals surface area contributed by atoms with Crippen LogP contribution < -0.4 is 0 Å². The van der Waals surface area contributed by atoms with Crippen LogP contribution in [0.2, 0.25) is 0 Å². The van der Waals surface area contributed by atoms with Crippen LogP contribution in [-0.2, 0) is 0 Å². The maximum Gasteiger partial charge on any atom is 0.197 e. The molecular formula is C16H12O2. The Balaban J connectivity index is 2.04. The predicted molar refractivity (Wildman–Crippen MR) is 69.6 cm³/mol. The number of Topliss-reactive ketones (excluding diaryl/α,β-unsaturated/α-hetero) is 2. The first-order valence-corrected chi connectivity index (χ1v) is 6.03. The van der Waals surface area contributed by atoms with Crippen molar-refractivity contribution in [2.75, 3.05) is 0 Å². The normalized spacial score (nSPS) is 17.8. The summed E-state index contributed by atoms with van der Waals surface area (Å²) in [6, 6.07) is 7.00. The van der Waals surface area contributed by atoms with Gasteiger partial charge in [0.2, 0.25) is 0 Å². The van der Waals surface area contributed by atoms with Crippen LogP contribution in [0.5, 0.6) is 0 Å². The van der Waals surface area contributed by atoms with Gasteiger partial charge in [-0.05, 0) is 24.5 Å². The molecule has 0 aromatic heterocycles. The molecule has 2 nitrogen and oxygen atoms in total. The van der Waals surface area contributed by atoms with Crippen molar-refractivity contribution in [2.45, 2.75) is 12.8 Å². The molecule has 0 saturated carbocycles. The Morgan fingerprint density at radius 3 is 2.22 bits per heavy atom. The van der Waals surface area contributed by atoms with E-state index in [1.807, 2.05) is 12.2 Å². The van der Waals surface area contributed by atoms with Gasteiger partial charge in [0, 0.05) is 11.1 Å². The summed E-state index contributed by atoms with van der Waals surface area (Å²) in [5.74, 6) is -0.294. The number of hydrogen-bond acceptors (Lipinski definition) is 2. The maximum absolute atomic E-state index is 12.1. The first kappa shape index (κ1) is 10.9. The molecule has 18 heavy (non-hydrogen) atoms. The molecule has 2 aliphatic rings. The molecule has 0 amide bonds. The van der Waals surface area contributed by atoms with Gasteiger partial charge in [-0.25, -0.2) is 0 Å². The van der Waals surface area contributed by atoms with Gasteiger partial charge in [0.05, 0.1) is 5.57 Å². The van der Waals surface area contributed by atoms with E-state index in [1.54, 1.807) is 30.3 Å². The average molecular weight is 236 g/mol. The van der Waals surface area contributed by atoms with Crippen LogP contribution in [0, 0.1) is 0 Å². The molecule has 0 heterocycles. The van der Waals surface area contributed by atoms with Gasteiger partial charge < -0.3 is 0 Å². The quantitative estimate of drug-likeness (QED) is 0.554. The van der Waals surface area contributed by atoms with Gasteiger partial charge in [-0.3, -0.25) is 9.59 Å². The minimum atomic E-state index is -0.147. The van der Waals surface area contributed by atoms with Crippen LogP contribution in [-0.4, -0.2) is 11.6 Å². The summed E-state index contributed by atoms with van der Waals surface area (Å²) in [7, 11) is 0. The van der Waals surface area contributed by atoms with Gasteiger partial charge in [-0.1, -0.05) is 42.5 Å². The summed E-state index contributed by atoms with van der Waals surface area (Å²) in [5, 5.41) is 0. The Hall–Kier alpha value is -2.22. The molecular weight excluding hydrogens is 224 g/mol. The lowest BCUT2D eigenvalue weighted by molar-refractivity contribution is 0.0988. The Morgan fingerprint density at radius 2 is 1.67 bits per heavy atom. The largest absolute Gasteiger partial charge is 0.288 e. The molecule has 0 radical (unpaired) electrons. The van der Waals surface area contributed by atoms with E-state index in [0.717, 1.165) is 18.4 Å². The minimum absolute atomic E-state index is 0.147. The van der Waals surface area contributed by atoms with Crippen molar-refractivity contribution in [3.8, 4) is 0 Å². The Kier molecular flexibility index (Phi) is 2.56. The number of hydrogen-bond donors (Lipinski definition) is 0. The molecule has 0 fully saturated rings. The van der Waals surface area contributed by atoms with Gasteiger partial charge >= 0.3 is 0 Å². The van der Waals surface area contributed by atoms with Crippen LogP contribution in [0.4, 0.5) is 0 Å². The third-order valence-corrected chi connectivity index (χ3v) is 3.28. The number of carbonyl (C=O) groups is 2. The maximum atomic E-state index is 12.1. The standard InChI is InChI=1S/C16H12O2/c17-15-12-8-4-5-9-13(12)16(18)14(15)10-11-6-2-1-3-7-11/h1-2,4-6,8-10H,3,7H2. The van der Waals surface area contributed by atoms with Crippen LogP contribution in [0.15, 0.2) is 59.7 Å². The number of ketones is 2. The second-order valence-electron chi connectivity index (χ2n) is 4.47. The fraction of sp³-hybridized carbons (Fsp3) is 0.125. The molecule has 2 aliphatic carbocycles. The lowest BCUT2D eigenvalue weighted by Gasteiger charge is -2.04. The van der Waals surface area contributed by atoms with E-state index in [2.05, 4.69) is 6.08 Å². The lowest BCUT2D eigenvalue weighted by Crippen LogP contribution is -2.01. The van der Waals surface area contributed by atoms with Crippen molar-refractivity contribution < 1.29 is 9.59 Å². The molecule has 88 valence electrons. The molecule has 0 bridgehead atoms. The van der Waals surface area contributed by atoms with E-state index >= 15 is 0 Å². The molecule has 0 spiro atoms. The van der Waals surface area contributed by atoms with Crippen molar-refractivity contribution in [1.82, 2.24) is 0 Å². The lowest BCUT2D eigenvalue weighted by atomic mass is 10.0. The summed E-state index contributed by atoms with van der Waals surface area (Å²) in [6.45, 7) is 0. The predicted octanol–water partition coefficient (Wildman–Crippen LogP) is 3.27. The smallest absolute Gasteiger partial charge is 0.197 e. The van der Waals surface area contributed by atoms with Crippen molar-refractivity contribution in [3.63, 3.8) is 0 Å². The SMILES string of the molecule is O=C1C(=CC2=CC=CCC2)C(=O)c2ccccc21. The number of rotatable bonds is 1. The first-order chi connectivity index (χ1) is 8.77. The fourth-order valence-corrected chi connectivity index (χ4v) is 2.33. The topological polar surface area (TPSA) is 34.1 Å². The van der Waals surface area contributed by atoms with E-state index in [4.69, 9.17) is 0 Å². The van der Waals surface area contributed by atoms with E-state index in [9.17, 15) is 9.59 Å². The zero-order valence-corrected chi connectivity index (χ0v) is 9.85. The van der Waals surface area contributed by atoms with Gasteiger partial charge in [0.25, 0.3) is 0 Å². The summed E-state index contributed by atoms with van der Waals surface area (Å²) < 4.78 is 0. The molecule has 0 atom stereocenters. The highest BCUT2D eigenvalue weighted by Gasteiger charge is 2.32. The summed E-state index contributed by atoms with van der Waals surface area (Å²) >= 11 is 0. The van der Waals surface area contributed by atoms with Gasteiger partial charge in [-0.15, -0.1) is 0 Å². The molecule has 1 aromatic rings. The molecule has 0 saturated heterocycles. The van der Waals surface area contributed by atoms with Crippen LogP contribution in [0.1, 0.15) is 33.6 Å². The number of allylic oxidation sites excluding steroid dienone is 6. The number of fused-ring (bicyclic) bond motifs is 1. The second-order valence-corrected chi connectivity index (χ2v) is 4.47. The van der Waals surface area contributed by atoms with Gasteiger partial charge in [-0.2, -0.15) is 0 Å². The molecule has 2 heteroatoms. The van der Waals surface area contributed by atoms with Crippen LogP contribution >= 0.6 is 0 Å². The fourth-order valence-electron chi connectivity index (χ4n) is 2.33. The zero-order valence-electron chi connectivity index (χ0n) is 9.85. The van der Waals surface area contributed by atoms with E-state index in [-0.39, 0.29) is 11.6 Å². The molecule has 0 unspecified atom stereocenters. The van der Waals surface area contributed by atoms with Crippen molar-refractivity contribution >= 4 is 11.6 Å². The molecule has 1 aromatic carbocycles. The second kappa shape index (κ2) is 4.22. The van der Waals surface area contributed by atoms with Crippen molar-refractivity contribution in [2.24, 2.45) is 0 Å². The molecule has 0 aliphatic heterocycles. The highest BCUT2D eigenvalue weighted by Crippen LogP contribution is 2.28. The third-order valence-electron chi connectivity index (χ3n) is 3.28. The Bertz CT molecular complexity index is 593. The molecule has 0 N–H and O–H groups in total. The van der Waals surface area contributed by atoms with Gasteiger partial charge in [0.1, 0.15) is 0 Å². The van der Waals surface area contributed by atoms with E-state index < -0.39 is 0 Å². The van der Waals surface area contributed by atoms with Crippen LogP contribution in [0.25, 0.3) is 0 Å². The van der Waals surface area contributed by atoms with Crippen LogP contribution in [0.3, 0.4) is 0 Å². The Labute approximate surface area is 105 Å². The summed E-state index contributed by atoms with van der Waals surface area (Å²) in [4.78, 5) is 24.3. The highest BCUT2D eigenvalue weighted by molar-refractivity contribution is 6.39. The van der Waals surface area contributed by atoms with Crippen molar-refractivity contribution in [3.05, 3.63) is 70.8 Å². The first-order valence-electron chi connectivity index (χ1n) is 6.03. The summed E-state index contributed by atoms with van der Waals surface area (Å²) in [5.41, 5.74) is 2.40. The minimum Gasteiger partial charge on any atom is -0.288 e. The van der Waals surface area contributed by atoms with E-state index in [1.165, 1.54) is 0 Å². The number of benzene rings is 1. The number of carbonyl (C=O) groups excluding carboxylic acids is 2. The monoisotopic (exact) mass is 236 g/mol. The highest BCUT2D eigenvalue weighted by atomic mass is 16.2. The summed E-state index contributed by atoms with van der Waals surface area (Å²) in [6.07, 6.45) is 9.60. The average Bonchev–Trinajstić information content (AvgIpc) is 2.66. The van der Waals surface area contributed by atoms with Crippen molar-refractivity contribution in [1.29, 1.82) is 0 Å². The Morgan fingerprint density at radius 1 is 1.00 bits per heavy atom. The molecule has 3 rings (SSSR count).